The summed E-state index contributed by atoms with van der Waals surface area (Å²) in [5.41, 5.74) is 2.51. The molecule has 1 atom stereocenters. The predicted octanol–water partition coefficient (Wildman–Crippen LogP) is 4.94. The van der Waals surface area contributed by atoms with E-state index in [1.54, 1.807) is 0 Å². The van der Waals surface area contributed by atoms with Crippen molar-refractivity contribution in [3.8, 4) is 11.5 Å². The maximum Gasteiger partial charge on any atom is 0.252 e. The smallest absolute Gasteiger partial charge is 0.252 e. The van der Waals surface area contributed by atoms with Crippen LogP contribution in [0, 0.1) is 0 Å². The van der Waals surface area contributed by atoms with E-state index in [4.69, 9.17) is 9.47 Å². The molecule has 4 aromatic rings. The van der Waals surface area contributed by atoms with Gasteiger partial charge in [-0.15, -0.1) is 5.10 Å². The number of tetrazole rings is 1. The van der Waals surface area contributed by atoms with Crippen LogP contribution >= 0.6 is 0 Å². The maximum atomic E-state index is 13.3. The van der Waals surface area contributed by atoms with Crippen molar-refractivity contribution in [3.05, 3.63) is 75.8 Å². The number of hydrogen-bond donors (Lipinski definition) is 1. The van der Waals surface area contributed by atoms with E-state index in [0.717, 1.165) is 36.0 Å². The Balaban J connectivity index is 1.37. The van der Waals surface area contributed by atoms with Crippen molar-refractivity contribution in [2.24, 2.45) is 0 Å². The fraction of sp³-hybridized carbons (Fsp3) is 0.448. The third-order valence-corrected chi connectivity index (χ3v) is 7.75. The van der Waals surface area contributed by atoms with Crippen molar-refractivity contribution >= 4 is 10.9 Å². The summed E-state index contributed by atoms with van der Waals surface area (Å²) in [5, 5.41) is 14.0. The standard InChI is InChI=1S/C29H34N6O3/c1-2-25(28-31-32-33-35(28)23-11-7-4-8-12-23)34(18-20-9-5-3-6-10-20)19-22-15-21-16-26-27(38-14-13-37-26)17-24(21)30-29(22)36/h3,5-6,9-10,15-17,23,25H,2,4,7-8,11-14,18-19H2,1H3,(H,30,36)/t25-/m0/s1. The molecule has 0 unspecified atom stereocenters. The van der Waals surface area contributed by atoms with Gasteiger partial charge in [-0.3, -0.25) is 9.69 Å². The Morgan fingerprint density at radius 2 is 1.79 bits per heavy atom. The SMILES string of the molecule is CC[C@@H](c1nnnn1C1CCCCC1)N(Cc1ccccc1)Cc1cc2cc3c(cc2[nH]c1=O)OCCO3. The Kier molecular flexibility index (Phi) is 7.09. The number of H-pyrrole nitrogens is 1. The van der Waals surface area contributed by atoms with Crippen molar-refractivity contribution in [1.82, 2.24) is 30.1 Å². The maximum absolute atomic E-state index is 13.3. The van der Waals surface area contributed by atoms with Gasteiger partial charge in [-0.05, 0) is 47.4 Å². The van der Waals surface area contributed by atoms with E-state index < -0.39 is 0 Å². The van der Waals surface area contributed by atoms with Crippen LogP contribution in [0.15, 0.2) is 53.3 Å². The second-order valence-corrected chi connectivity index (χ2v) is 10.3. The molecule has 1 aliphatic carbocycles. The molecule has 198 valence electrons. The highest BCUT2D eigenvalue weighted by atomic mass is 16.6. The highest BCUT2D eigenvalue weighted by Gasteiger charge is 2.29. The summed E-state index contributed by atoms with van der Waals surface area (Å²) in [6.07, 6.45) is 6.72. The van der Waals surface area contributed by atoms with Gasteiger partial charge < -0.3 is 14.5 Å². The second kappa shape index (κ2) is 10.9. The Morgan fingerprint density at radius 1 is 1.03 bits per heavy atom. The summed E-state index contributed by atoms with van der Waals surface area (Å²) in [4.78, 5) is 18.7. The first-order valence-corrected chi connectivity index (χ1v) is 13.7. The summed E-state index contributed by atoms with van der Waals surface area (Å²) < 4.78 is 13.5. The number of fused-ring (bicyclic) bond motifs is 2. The molecule has 0 radical (unpaired) electrons. The molecule has 1 aliphatic heterocycles. The zero-order chi connectivity index (χ0) is 25.9. The monoisotopic (exact) mass is 514 g/mol. The number of aromatic amines is 1. The van der Waals surface area contributed by atoms with Crippen LogP contribution < -0.4 is 15.0 Å². The molecule has 0 bridgehead atoms. The fourth-order valence-corrected chi connectivity index (χ4v) is 5.83. The van der Waals surface area contributed by atoms with Crippen LogP contribution in [0.25, 0.3) is 10.9 Å². The Morgan fingerprint density at radius 3 is 2.55 bits per heavy atom. The summed E-state index contributed by atoms with van der Waals surface area (Å²) >= 11 is 0. The molecule has 0 saturated heterocycles. The van der Waals surface area contributed by atoms with E-state index in [-0.39, 0.29) is 11.6 Å². The van der Waals surface area contributed by atoms with Crippen molar-refractivity contribution in [3.63, 3.8) is 0 Å². The molecule has 0 amide bonds. The first kappa shape index (κ1) is 24.6. The lowest BCUT2D eigenvalue weighted by molar-refractivity contribution is 0.155. The lowest BCUT2D eigenvalue weighted by Gasteiger charge is -2.32. The fourth-order valence-electron chi connectivity index (χ4n) is 5.83. The molecule has 2 aromatic carbocycles. The molecule has 9 nitrogen and oxygen atoms in total. The number of aromatic nitrogens is 5. The molecule has 0 spiro atoms. The zero-order valence-corrected chi connectivity index (χ0v) is 21.8. The van der Waals surface area contributed by atoms with Gasteiger partial charge in [0.2, 0.25) is 0 Å². The van der Waals surface area contributed by atoms with Crippen LogP contribution in [-0.2, 0) is 13.1 Å². The van der Waals surface area contributed by atoms with Crippen molar-refractivity contribution in [1.29, 1.82) is 0 Å². The molecule has 2 aliphatic rings. The van der Waals surface area contributed by atoms with Crippen LogP contribution in [0.1, 0.15) is 74.5 Å². The Labute approximate surface area is 221 Å². The van der Waals surface area contributed by atoms with Gasteiger partial charge in [0.15, 0.2) is 17.3 Å². The molecular weight excluding hydrogens is 480 g/mol. The van der Waals surface area contributed by atoms with E-state index in [1.807, 2.05) is 24.3 Å². The third-order valence-electron chi connectivity index (χ3n) is 7.75. The van der Waals surface area contributed by atoms with Crippen LogP contribution in [0.2, 0.25) is 0 Å². The minimum Gasteiger partial charge on any atom is -0.486 e. The number of nitrogens with zero attached hydrogens (tertiary/aromatic N) is 5. The molecule has 6 rings (SSSR count). The van der Waals surface area contributed by atoms with E-state index in [2.05, 4.69) is 61.3 Å². The second-order valence-electron chi connectivity index (χ2n) is 10.3. The average molecular weight is 515 g/mol. The zero-order valence-electron chi connectivity index (χ0n) is 21.8. The van der Waals surface area contributed by atoms with Gasteiger partial charge in [0.05, 0.1) is 17.6 Å². The van der Waals surface area contributed by atoms with Crippen LogP contribution in [-0.4, -0.2) is 43.3 Å². The summed E-state index contributed by atoms with van der Waals surface area (Å²) in [6, 6.07) is 16.4. The summed E-state index contributed by atoms with van der Waals surface area (Å²) in [7, 11) is 0. The van der Waals surface area contributed by atoms with Gasteiger partial charge in [-0.2, -0.15) is 0 Å². The topological polar surface area (TPSA) is 98.2 Å². The van der Waals surface area contributed by atoms with E-state index in [0.29, 0.717) is 49.4 Å². The minimum absolute atomic E-state index is 0.0394. The highest BCUT2D eigenvalue weighted by molar-refractivity contribution is 5.83. The van der Waals surface area contributed by atoms with Gasteiger partial charge >= 0.3 is 0 Å². The summed E-state index contributed by atoms with van der Waals surface area (Å²) in [6.45, 7) is 4.33. The van der Waals surface area contributed by atoms with Gasteiger partial charge in [-0.25, -0.2) is 4.68 Å². The van der Waals surface area contributed by atoms with Crippen molar-refractivity contribution in [2.75, 3.05) is 13.2 Å². The van der Waals surface area contributed by atoms with Gasteiger partial charge in [0, 0.05) is 30.1 Å². The van der Waals surface area contributed by atoms with Gasteiger partial charge in [0.1, 0.15) is 13.2 Å². The van der Waals surface area contributed by atoms with Crippen LogP contribution in [0.5, 0.6) is 11.5 Å². The normalized spacial score (nSPS) is 16.7. The van der Waals surface area contributed by atoms with Crippen LogP contribution in [0.3, 0.4) is 0 Å². The summed E-state index contributed by atoms with van der Waals surface area (Å²) in [5.74, 6) is 2.26. The first-order chi connectivity index (χ1) is 18.7. The van der Waals surface area contributed by atoms with Gasteiger partial charge in [0.25, 0.3) is 5.56 Å². The predicted molar refractivity (Wildman–Crippen MR) is 144 cm³/mol. The lowest BCUT2D eigenvalue weighted by Crippen LogP contribution is -2.33. The molecule has 9 heteroatoms. The number of benzene rings is 2. The number of rotatable bonds is 8. The molecular formula is C29H34N6O3. The Hall–Kier alpha value is -3.72. The molecule has 1 N–H and O–H groups in total. The number of pyridine rings is 1. The third kappa shape index (κ3) is 5.03. The van der Waals surface area contributed by atoms with E-state index in [9.17, 15) is 4.79 Å². The van der Waals surface area contributed by atoms with E-state index >= 15 is 0 Å². The lowest BCUT2D eigenvalue weighted by atomic mass is 9.95. The quantitative estimate of drug-likeness (QED) is 0.355. The minimum atomic E-state index is -0.103. The first-order valence-electron chi connectivity index (χ1n) is 13.7. The number of hydrogen-bond acceptors (Lipinski definition) is 7. The largest absolute Gasteiger partial charge is 0.486 e. The van der Waals surface area contributed by atoms with Crippen molar-refractivity contribution in [2.45, 2.75) is 70.6 Å². The van der Waals surface area contributed by atoms with Gasteiger partial charge in [-0.1, -0.05) is 56.5 Å². The van der Waals surface area contributed by atoms with Crippen molar-refractivity contribution < 1.29 is 9.47 Å². The molecule has 1 fully saturated rings. The number of nitrogens with one attached hydrogen (secondary N) is 1. The highest BCUT2D eigenvalue weighted by Crippen LogP contribution is 2.35. The number of ether oxygens (including phenoxy) is 2. The molecule has 3 heterocycles. The Bertz CT molecular complexity index is 1440. The average Bonchev–Trinajstić information content (AvgIpc) is 3.43. The molecule has 38 heavy (non-hydrogen) atoms. The molecule has 1 saturated carbocycles. The molecule has 2 aromatic heterocycles. The van der Waals surface area contributed by atoms with E-state index in [1.165, 1.54) is 24.8 Å². The van der Waals surface area contributed by atoms with Crippen LogP contribution in [0.4, 0.5) is 0 Å².